The van der Waals surface area contributed by atoms with Gasteiger partial charge in [-0.1, -0.05) is 57.0 Å². The van der Waals surface area contributed by atoms with E-state index in [0.29, 0.717) is 13.2 Å². The molecule has 0 heterocycles. The Kier molecular flexibility index (Phi) is 8.96. The van der Waals surface area contributed by atoms with Crippen molar-refractivity contribution in [3.8, 4) is 0 Å². The maximum absolute atomic E-state index is 12.3. The first kappa shape index (κ1) is 18.2. The van der Waals surface area contributed by atoms with Crippen molar-refractivity contribution < 1.29 is 19.1 Å². The van der Waals surface area contributed by atoms with Crippen LogP contribution in [-0.4, -0.2) is 25.2 Å². The third kappa shape index (κ3) is 6.74. The highest BCUT2D eigenvalue weighted by Gasteiger charge is 2.25. The van der Waals surface area contributed by atoms with Crippen LogP contribution in [-0.2, 0) is 19.1 Å². The van der Waals surface area contributed by atoms with E-state index >= 15 is 0 Å². The third-order valence-electron chi connectivity index (χ3n) is 3.36. The SMILES string of the molecule is CCCCOC(=O)CC(C(=O)OCCCC)c1ccccc1. The van der Waals surface area contributed by atoms with Crippen LogP contribution in [0.1, 0.15) is 57.4 Å². The van der Waals surface area contributed by atoms with Crippen LogP contribution in [0.2, 0.25) is 0 Å². The molecule has 0 amide bonds. The van der Waals surface area contributed by atoms with Gasteiger partial charge in [0.25, 0.3) is 0 Å². The fourth-order valence-corrected chi connectivity index (χ4v) is 2.00. The number of carbonyl (C=O) groups is 2. The molecule has 0 aliphatic heterocycles. The monoisotopic (exact) mass is 306 g/mol. The van der Waals surface area contributed by atoms with Gasteiger partial charge in [0.05, 0.1) is 25.6 Å². The number of ether oxygens (including phenoxy) is 2. The first-order valence-corrected chi connectivity index (χ1v) is 8.06. The van der Waals surface area contributed by atoms with Gasteiger partial charge in [-0.15, -0.1) is 0 Å². The zero-order valence-electron chi connectivity index (χ0n) is 13.5. The minimum atomic E-state index is -0.591. The third-order valence-corrected chi connectivity index (χ3v) is 3.36. The molecule has 0 radical (unpaired) electrons. The summed E-state index contributed by atoms with van der Waals surface area (Å²) in [5, 5.41) is 0. The molecule has 0 aliphatic rings. The second-order valence-corrected chi connectivity index (χ2v) is 5.26. The Labute approximate surface area is 132 Å². The van der Waals surface area contributed by atoms with E-state index in [1.165, 1.54) is 0 Å². The predicted molar refractivity (Wildman–Crippen MR) is 85.5 cm³/mol. The molecule has 1 aromatic rings. The summed E-state index contributed by atoms with van der Waals surface area (Å²) in [5.41, 5.74) is 0.788. The number of hydrogen-bond donors (Lipinski definition) is 0. The quantitative estimate of drug-likeness (QED) is 0.487. The molecule has 0 fully saturated rings. The molecule has 1 unspecified atom stereocenters. The fraction of sp³-hybridized carbons (Fsp3) is 0.556. The molecule has 1 aromatic carbocycles. The zero-order chi connectivity index (χ0) is 16.2. The number of unbranched alkanes of at least 4 members (excludes halogenated alkanes) is 2. The molecule has 0 bridgehead atoms. The maximum Gasteiger partial charge on any atom is 0.314 e. The lowest BCUT2D eigenvalue weighted by atomic mass is 9.96. The molecule has 0 N–H and O–H groups in total. The minimum Gasteiger partial charge on any atom is -0.466 e. The Hall–Kier alpha value is -1.84. The van der Waals surface area contributed by atoms with Gasteiger partial charge in [0.15, 0.2) is 0 Å². The van der Waals surface area contributed by atoms with Crippen LogP contribution in [0.25, 0.3) is 0 Å². The van der Waals surface area contributed by atoms with E-state index in [9.17, 15) is 9.59 Å². The van der Waals surface area contributed by atoms with Gasteiger partial charge in [0.1, 0.15) is 0 Å². The summed E-state index contributed by atoms with van der Waals surface area (Å²) >= 11 is 0. The molecule has 4 nitrogen and oxygen atoms in total. The highest BCUT2D eigenvalue weighted by atomic mass is 16.5. The van der Waals surface area contributed by atoms with E-state index in [0.717, 1.165) is 31.2 Å². The van der Waals surface area contributed by atoms with E-state index in [1.807, 2.05) is 44.2 Å². The standard InChI is InChI=1S/C18H26O4/c1-3-5-12-21-17(19)14-16(15-10-8-7-9-11-15)18(20)22-13-6-4-2/h7-11,16H,3-6,12-14H2,1-2H3. The number of benzene rings is 1. The highest BCUT2D eigenvalue weighted by Crippen LogP contribution is 2.22. The molecule has 1 atom stereocenters. The van der Waals surface area contributed by atoms with Crippen LogP contribution < -0.4 is 0 Å². The van der Waals surface area contributed by atoms with Gasteiger partial charge in [-0.25, -0.2) is 0 Å². The lowest BCUT2D eigenvalue weighted by Gasteiger charge is -2.16. The van der Waals surface area contributed by atoms with E-state index < -0.39 is 5.92 Å². The minimum absolute atomic E-state index is 0.0265. The first-order chi connectivity index (χ1) is 10.7. The Morgan fingerprint density at radius 1 is 0.955 bits per heavy atom. The van der Waals surface area contributed by atoms with Crippen molar-refractivity contribution in [1.82, 2.24) is 0 Å². The molecule has 0 aromatic heterocycles. The van der Waals surface area contributed by atoms with Crippen molar-refractivity contribution in [3.63, 3.8) is 0 Å². The van der Waals surface area contributed by atoms with Crippen LogP contribution >= 0.6 is 0 Å². The first-order valence-electron chi connectivity index (χ1n) is 8.06. The molecular formula is C18H26O4. The number of rotatable bonds is 10. The van der Waals surface area contributed by atoms with Crippen molar-refractivity contribution in [2.24, 2.45) is 0 Å². The van der Waals surface area contributed by atoms with Crippen molar-refractivity contribution in [2.45, 2.75) is 51.9 Å². The fourth-order valence-electron chi connectivity index (χ4n) is 2.00. The Bertz CT molecular complexity index is 442. The van der Waals surface area contributed by atoms with Gasteiger partial charge in [-0.3, -0.25) is 9.59 Å². The van der Waals surface area contributed by atoms with Crippen LogP contribution in [0.15, 0.2) is 30.3 Å². The summed E-state index contributed by atoms with van der Waals surface area (Å²) in [6.07, 6.45) is 3.62. The Balaban J connectivity index is 2.66. The van der Waals surface area contributed by atoms with Crippen LogP contribution in [0.5, 0.6) is 0 Å². The second kappa shape index (κ2) is 10.8. The summed E-state index contributed by atoms with van der Waals surface area (Å²) in [7, 11) is 0. The molecule has 122 valence electrons. The van der Waals surface area contributed by atoms with Gasteiger partial charge in [0.2, 0.25) is 0 Å². The van der Waals surface area contributed by atoms with Crippen molar-refractivity contribution in [2.75, 3.05) is 13.2 Å². The van der Waals surface area contributed by atoms with Crippen LogP contribution in [0.3, 0.4) is 0 Å². The Morgan fingerprint density at radius 2 is 1.55 bits per heavy atom. The van der Waals surface area contributed by atoms with E-state index in [1.54, 1.807) is 0 Å². The van der Waals surface area contributed by atoms with Gasteiger partial charge < -0.3 is 9.47 Å². The second-order valence-electron chi connectivity index (χ2n) is 5.26. The largest absolute Gasteiger partial charge is 0.466 e. The Morgan fingerprint density at radius 3 is 2.14 bits per heavy atom. The van der Waals surface area contributed by atoms with Gasteiger partial charge in [0, 0.05) is 0 Å². The van der Waals surface area contributed by atoms with Gasteiger partial charge in [-0.2, -0.15) is 0 Å². The summed E-state index contributed by atoms with van der Waals surface area (Å²) in [6, 6.07) is 9.26. The van der Waals surface area contributed by atoms with Crippen molar-refractivity contribution in [1.29, 1.82) is 0 Å². The molecule has 0 spiro atoms. The smallest absolute Gasteiger partial charge is 0.314 e. The van der Waals surface area contributed by atoms with E-state index in [2.05, 4.69) is 0 Å². The predicted octanol–water partition coefficient (Wildman–Crippen LogP) is 3.85. The summed E-state index contributed by atoms with van der Waals surface area (Å²) in [6.45, 7) is 4.87. The molecular weight excluding hydrogens is 280 g/mol. The number of carbonyl (C=O) groups excluding carboxylic acids is 2. The summed E-state index contributed by atoms with van der Waals surface area (Å²) < 4.78 is 10.4. The van der Waals surface area contributed by atoms with E-state index in [4.69, 9.17) is 9.47 Å². The van der Waals surface area contributed by atoms with Gasteiger partial charge in [-0.05, 0) is 18.4 Å². The molecule has 22 heavy (non-hydrogen) atoms. The number of esters is 2. The van der Waals surface area contributed by atoms with Crippen LogP contribution in [0.4, 0.5) is 0 Å². The highest BCUT2D eigenvalue weighted by molar-refractivity contribution is 5.84. The lowest BCUT2D eigenvalue weighted by molar-refractivity contribution is -0.152. The molecule has 0 aliphatic carbocycles. The maximum atomic E-state index is 12.3. The molecule has 4 heteroatoms. The van der Waals surface area contributed by atoms with Crippen LogP contribution in [0, 0.1) is 0 Å². The zero-order valence-corrected chi connectivity index (χ0v) is 13.5. The van der Waals surface area contributed by atoms with Crippen molar-refractivity contribution in [3.05, 3.63) is 35.9 Å². The molecule has 0 saturated heterocycles. The normalized spacial score (nSPS) is 11.7. The lowest BCUT2D eigenvalue weighted by Crippen LogP contribution is -2.21. The van der Waals surface area contributed by atoms with Gasteiger partial charge >= 0.3 is 11.9 Å². The average molecular weight is 306 g/mol. The summed E-state index contributed by atoms with van der Waals surface area (Å²) in [5.74, 6) is -1.30. The number of hydrogen-bond acceptors (Lipinski definition) is 4. The van der Waals surface area contributed by atoms with Crippen molar-refractivity contribution >= 4 is 11.9 Å². The average Bonchev–Trinajstić information content (AvgIpc) is 2.54. The summed E-state index contributed by atoms with van der Waals surface area (Å²) in [4.78, 5) is 24.2. The molecule has 1 rings (SSSR count). The van der Waals surface area contributed by atoms with E-state index in [-0.39, 0.29) is 18.4 Å². The molecule has 0 saturated carbocycles. The topological polar surface area (TPSA) is 52.6 Å².